The molecule has 2 rings (SSSR count). The molecule has 0 fully saturated rings. The summed E-state index contributed by atoms with van der Waals surface area (Å²) in [4.78, 5) is 15.5. The minimum atomic E-state index is -0.389. The van der Waals surface area contributed by atoms with E-state index in [0.717, 1.165) is 0 Å². The maximum atomic E-state index is 13.3. The van der Waals surface area contributed by atoms with Crippen LogP contribution in [0, 0.1) is 19.7 Å². The Balaban J connectivity index is 1.99. The Morgan fingerprint density at radius 3 is 2.83 bits per heavy atom. The van der Waals surface area contributed by atoms with Gasteiger partial charge in [-0.25, -0.2) is 9.37 Å². The van der Waals surface area contributed by atoms with Gasteiger partial charge < -0.3 is 5.32 Å². The molecule has 1 aromatic carbocycles. The average molecular weight is 248 g/mol. The van der Waals surface area contributed by atoms with Crippen LogP contribution in [0.25, 0.3) is 0 Å². The minimum absolute atomic E-state index is 0.0834. The molecular weight excluding hydrogens is 235 g/mol. The molecule has 0 atom stereocenters. The third-order valence-electron chi connectivity index (χ3n) is 2.49. The molecule has 18 heavy (non-hydrogen) atoms. The summed E-state index contributed by atoms with van der Waals surface area (Å²) in [5, 5.41) is 8.94. The molecule has 6 heteroatoms. The molecule has 0 aliphatic carbocycles. The Morgan fingerprint density at radius 2 is 2.22 bits per heavy atom. The summed E-state index contributed by atoms with van der Waals surface area (Å²) in [5.74, 6) is -0.0163. The van der Waals surface area contributed by atoms with E-state index in [-0.39, 0.29) is 24.1 Å². The van der Waals surface area contributed by atoms with E-state index in [1.165, 1.54) is 6.07 Å². The molecule has 0 bridgehead atoms. The fourth-order valence-corrected chi connectivity index (χ4v) is 1.45. The van der Waals surface area contributed by atoms with Crippen molar-refractivity contribution >= 4 is 5.91 Å². The van der Waals surface area contributed by atoms with Crippen molar-refractivity contribution in [3.05, 3.63) is 46.8 Å². The van der Waals surface area contributed by atoms with Crippen molar-refractivity contribution in [2.24, 2.45) is 0 Å². The standard InChI is InChI=1S/C12H13FN4O/c1-7-3-4-9(5-10(7)13)6-14-12(18)11-15-8(2)16-17-11/h3-5H,6H2,1-2H3,(H,14,18)(H,15,16,17). The van der Waals surface area contributed by atoms with Gasteiger partial charge >= 0.3 is 0 Å². The highest BCUT2D eigenvalue weighted by atomic mass is 19.1. The van der Waals surface area contributed by atoms with E-state index in [2.05, 4.69) is 20.5 Å². The maximum Gasteiger partial charge on any atom is 0.291 e. The molecule has 0 spiro atoms. The molecule has 1 aromatic heterocycles. The predicted octanol–water partition coefficient (Wildman–Crippen LogP) is 1.49. The van der Waals surface area contributed by atoms with Crippen LogP contribution in [0.2, 0.25) is 0 Å². The molecule has 0 aliphatic rings. The van der Waals surface area contributed by atoms with Crippen molar-refractivity contribution in [1.29, 1.82) is 0 Å². The van der Waals surface area contributed by atoms with E-state index < -0.39 is 0 Å². The topological polar surface area (TPSA) is 70.7 Å². The average Bonchev–Trinajstić information content (AvgIpc) is 2.77. The van der Waals surface area contributed by atoms with E-state index in [0.29, 0.717) is 17.0 Å². The van der Waals surface area contributed by atoms with E-state index >= 15 is 0 Å². The third kappa shape index (κ3) is 2.71. The number of benzene rings is 1. The fraction of sp³-hybridized carbons (Fsp3) is 0.250. The number of amides is 1. The molecule has 2 N–H and O–H groups in total. The summed E-state index contributed by atoms with van der Waals surface area (Å²) in [6, 6.07) is 4.84. The van der Waals surface area contributed by atoms with Gasteiger partial charge in [-0.2, -0.15) is 0 Å². The molecule has 94 valence electrons. The Kier molecular flexibility index (Phi) is 3.36. The number of nitrogens with one attached hydrogen (secondary N) is 2. The molecule has 0 aliphatic heterocycles. The Bertz CT molecular complexity index is 579. The molecule has 2 aromatic rings. The number of aromatic nitrogens is 3. The zero-order chi connectivity index (χ0) is 13.1. The van der Waals surface area contributed by atoms with Crippen molar-refractivity contribution in [2.75, 3.05) is 0 Å². The van der Waals surface area contributed by atoms with Gasteiger partial charge in [0.2, 0.25) is 5.82 Å². The van der Waals surface area contributed by atoms with Crippen molar-refractivity contribution < 1.29 is 9.18 Å². The Labute approximate surface area is 103 Å². The number of hydrogen-bond donors (Lipinski definition) is 2. The number of rotatable bonds is 3. The first kappa shape index (κ1) is 12.2. The molecule has 0 saturated heterocycles. The monoisotopic (exact) mass is 248 g/mol. The van der Waals surface area contributed by atoms with Gasteiger partial charge in [0.25, 0.3) is 5.91 Å². The molecular formula is C12H13FN4O. The van der Waals surface area contributed by atoms with Gasteiger partial charge in [0, 0.05) is 6.54 Å². The van der Waals surface area contributed by atoms with Crippen LogP contribution in [0.5, 0.6) is 0 Å². The second kappa shape index (κ2) is 4.95. The fourth-order valence-electron chi connectivity index (χ4n) is 1.45. The van der Waals surface area contributed by atoms with E-state index in [9.17, 15) is 9.18 Å². The highest BCUT2D eigenvalue weighted by Gasteiger charge is 2.10. The van der Waals surface area contributed by atoms with Gasteiger partial charge in [-0.15, -0.1) is 5.10 Å². The van der Waals surface area contributed by atoms with Gasteiger partial charge in [-0.05, 0) is 31.0 Å². The Morgan fingerprint density at radius 1 is 1.44 bits per heavy atom. The number of H-pyrrole nitrogens is 1. The largest absolute Gasteiger partial charge is 0.345 e. The van der Waals surface area contributed by atoms with Crippen LogP contribution in [0.15, 0.2) is 18.2 Å². The van der Waals surface area contributed by atoms with Crippen molar-refractivity contribution in [3.63, 3.8) is 0 Å². The lowest BCUT2D eigenvalue weighted by molar-refractivity contribution is 0.0941. The number of carbonyl (C=O) groups excluding carboxylic acids is 1. The molecule has 5 nitrogen and oxygen atoms in total. The highest BCUT2D eigenvalue weighted by Crippen LogP contribution is 2.08. The first-order valence-corrected chi connectivity index (χ1v) is 5.48. The second-order valence-electron chi connectivity index (χ2n) is 4.01. The summed E-state index contributed by atoms with van der Waals surface area (Å²) >= 11 is 0. The summed E-state index contributed by atoms with van der Waals surface area (Å²) in [6.07, 6.45) is 0. The van der Waals surface area contributed by atoms with Crippen molar-refractivity contribution in [1.82, 2.24) is 20.5 Å². The summed E-state index contributed by atoms with van der Waals surface area (Å²) in [7, 11) is 0. The van der Waals surface area contributed by atoms with E-state index in [1.54, 1.807) is 26.0 Å². The van der Waals surface area contributed by atoms with Crippen molar-refractivity contribution in [2.45, 2.75) is 20.4 Å². The SMILES string of the molecule is Cc1nc(C(=O)NCc2ccc(C)c(F)c2)n[nH]1. The highest BCUT2D eigenvalue weighted by molar-refractivity contribution is 5.90. The quantitative estimate of drug-likeness (QED) is 0.864. The number of aryl methyl sites for hydroxylation is 2. The molecule has 0 saturated carbocycles. The van der Waals surface area contributed by atoms with Crippen LogP contribution >= 0.6 is 0 Å². The van der Waals surface area contributed by atoms with Crippen LogP contribution in [0.4, 0.5) is 4.39 Å². The van der Waals surface area contributed by atoms with Crippen LogP contribution in [0.3, 0.4) is 0 Å². The molecule has 0 unspecified atom stereocenters. The summed E-state index contributed by atoms with van der Waals surface area (Å²) in [5.41, 5.74) is 1.27. The van der Waals surface area contributed by atoms with Gasteiger partial charge in [-0.3, -0.25) is 9.89 Å². The van der Waals surface area contributed by atoms with Crippen LogP contribution in [0.1, 0.15) is 27.6 Å². The van der Waals surface area contributed by atoms with Crippen LogP contribution < -0.4 is 5.32 Å². The van der Waals surface area contributed by atoms with Crippen LogP contribution in [-0.2, 0) is 6.54 Å². The second-order valence-corrected chi connectivity index (χ2v) is 4.01. The third-order valence-corrected chi connectivity index (χ3v) is 2.49. The lowest BCUT2D eigenvalue weighted by Crippen LogP contribution is -2.24. The van der Waals surface area contributed by atoms with Gasteiger partial charge in [0.05, 0.1) is 0 Å². The Hall–Kier alpha value is -2.24. The van der Waals surface area contributed by atoms with Gasteiger partial charge in [0.1, 0.15) is 11.6 Å². The number of hydrogen-bond acceptors (Lipinski definition) is 3. The summed E-state index contributed by atoms with van der Waals surface area (Å²) < 4.78 is 13.3. The zero-order valence-corrected chi connectivity index (χ0v) is 10.1. The predicted molar refractivity (Wildman–Crippen MR) is 63.4 cm³/mol. The molecule has 1 heterocycles. The van der Waals surface area contributed by atoms with Crippen LogP contribution in [-0.4, -0.2) is 21.1 Å². The van der Waals surface area contributed by atoms with E-state index in [1.807, 2.05) is 0 Å². The van der Waals surface area contributed by atoms with E-state index in [4.69, 9.17) is 0 Å². The zero-order valence-electron chi connectivity index (χ0n) is 10.1. The molecule has 0 radical (unpaired) electrons. The normalized spacial score (nSPS) is 10.4. The minimum Gasteiger partial charge on any atom is -0.345 e. The number of carbonyl (C=O) groups is 1. The first-order valence-electron chi connectivity index (χ1n) is 5.48. The number of halogens is 1. The number of nitrogens with zero attached hydrogens (tertiary/aromatic N) is 2. The smallest absolute Gasteiger partial charge is 0.291 e. The molecule has 1 amide bonds. The summed E-state index contributed by atoms with van der Waals surface area (Å²) in [6.45, 7) is 3.64. The lowest BCUT2D eigenvalue weighted by atomic mass is 10.1. The maximum absolute atomic E-state index is 13.3. The lowest BCUT2D eigenvalue weighted by Gasteiger charge is -2.04. The first-order chi connectivity index (χ1) is 8.56. The van der Waals surface area contributed by atoms with Gasteiger partial charge in [-0.1, -0.05) is 12.1 Å². The van der Waals surface area contributed by atoms with Crippen molar-refractivity contribution in [3.8, 4) is 0 Å². The van der Waals surface area contributed by atoms with Gasteiger partial charge in [0.15, 0.2) is 0 Å². The number of aromatic amines is 1.